The molecule has 1 aliphatic carbocycles. The summed E-state index contributed by atoms with van der Waals surface area (Å²) in [5, 5.41) is 0. The number of nitrogens with two attached hydrogens (primary N) is 2. The molecule has 2 amide bonds. The molecule has 0 aromatic heterocycles. The van der Waals surface area contributed by atoms with E-state index < -0.39 is 0 Å². The van der Waals surface area contributed by atoms with E-state index in [-0.39, 0.29) is 35.1 Å². The molecule has 0 saturated heterocycles. The van der Waals surface area contributed by atoms with Crippen LogP contribution in [-0.2, 0) is 9.59 Å². The summed E-state index contributed by atoms with van der Waals surface area (Å²) in [4.78, 5) is 29.3. The molecule has 1 aliphatic heterocycles. The number of guanidine groups is 1. The molecule has 0 radical (unpaired) electrons. The topological polar surface area (TPSA) is 102 Å². The fourth-order valence-corrected chi connectivity index (χ4v) is 2.73. The third-order valence-electron chi connectivity index (χ3n) is 4.43. The highest BCUT2D eigenvalue weighted by atomic mass is 16.2. The van der Waals surface area contributed by atoms with Gasteiger partial charge in [-0.2, -0.15) is 0 Å². The summed E-state index contributed by atoms with van der Waals surface area (Å²) in [5.74, 6) is 0.0402. The van der Waals surface area contributed by atoms with Gasteiger partial charge in [-0.15, -0.1) is 12.8 Å². The standard InChI is InChI=1S/C13H22N4O2.C3H8.2C2H6.C2H2/c1-3-13(4-2)6-10(18)17(12(15)16-13)7-8-5-9(8)11(14)19;1-3-2;3*1-2/h8-9H,3-7H2,1-2H3,(H2,14,19)(H2,15,16);3H2,1-2H3;2*1-2H3;1-2H/t8-,9?;;;;/m1..../s1. The van der Waals surface area contributed by atoms with Crippen LogP contribution in [0.4, 0.5) is 0 Å². The van der Waals surface area contributed by atoms with Crippen molar-refractivity contribution in [3.8, 4) is 12.8 Å². The Morgan fingerprint density at radius 3 is 1.86 bits per heavy atom. The van der Waals surface area contributed by atoms with Gasteiger partial charge in [-0.05, 0) is 25.2 Å². The number of carbonyl (C=O) groups is 2. The van der Waals surface area contributed by atoms with Gasteiger partial charge in [0.1, 0.15) is 0 Å². The van der Waals surface area contributed by atoms with Crippen LogP contribution in [0.5, 0.6) is 0 Å². The van der Waals surface area contributed by atoms with Gasteiger partial charge < -0.3 is 11.5 Å². The second-order valence-electron chi connectivity index (χ2n) is 6.29. The summed E-state index contributed by atoms with van der Waals surface area (Å²) in [6, 6.07) is 0. The molecule has 0 aromatic rings. The molecule has 2 rings (SSSR count). The predicted octanol–water partition coefficient (Wildman–Crippen LogP) is 3.93. The molecule has 6 nitrogen and oxygen atoms in total. The Labute approximate surface area is 173 Å². The Morgan fingerprint density at radius 1 is 1.14 bits per heavy atom. The molecular weight excluding hydrogens is 352 g/mol. The van der Waals surface area contributed by atoms with Gasteiger partial charge in [-0.1, -0.05) is 61.8 Å². The molecule has 1 heterocycles. The van der Waals surface area contributed by atoms with Crippen LogP contribution in [0.25, 0.3) is 0 Å². The highest BCUT2D eigenvalue weighted by molar-refractivity contribution is 5.99. The lowest BCUT2D eigenvalue weighted by Crippen LogP contribution is -2.52. The van der Waals surface area contributed by atoms with Crippen molar-refractivity contribution in [2.75, 3.05) is 6.54 Å². The molecule has 0 aromatic carbocycles. The van der Waals surface area contributed by atoms with Crippen molar-refractivity contribution in [1.82, 2.24) is 4.90 Å². The second kappa shape index (κ2) is 17.1. The van der Waals surface area contributed by atoms with Crippen molar-refractivity contribution in [2.45, 2.75) is 93.0 Å². The fraction of sp³-hybridized carbons (Fsp3) is 0.773. The largest absolute Gasteiger partial charge is 0.369 e. The molecular formula is C22H44N4O2. The van der Waals surface area contributed by atoms with Crippen molar-refractivity contribution in [1.29, 1.82) is 0 Å². The van der Waals surface area contributed by atoms with Crippen molar-refractivity contribution >= 4 is 17.8 Å². The van der Waals surface area contributed by atoms with Crippen molar-refractivity contribution < 1.29 is 9.59 Å². The van der Waals surface area contributed by atoms with E-state index in [0.717, 1.165) is 19.3 Å². The van der Waals surface area contributed by atoms with Crippen LogP contribution in [0.3, 0.4) is 0 Å². The lowest BCUT2D eigenvalue weighted by atomic mass is 9.88. The quantitative estimate of drug-likeness (QED) is 0.688. The van der Waals surface area contributed by atoms with Gasteiger partial charge in [0, 0.05) is 12.5 Å². The number of amides is 2. The van der Waals surface area contributed by atoms with E-state index in [4.69, 9.17) is 11.5 Å². The minimum Gasteiger partial charge on any atom is -0.369 e. The van der Waals surface area contributed by atoms with Gasteiger partial charge in [0.05, 0.1) is 12.0 Å². The average molecular weight is 397 g/mol. The lowest BCUT2D eigenvalue weighted by molar-refractivity contribution is -0.130. The van der Waals surface area contributed by atoms with Crippen LogP contribution in [0.1, 0.15) is 87.5 Å². The molecule has 0 bridgehead atoms. The Morgan fingerprint density at radius 2 is 1.57 bits per heavy atom. The van der Waals surface area contributed by atoms with E-state index in [9.17, 15) is 9.59 Å². The highest BCUT2D eigenvalue weighted by Gasteiger charge is 2.45. The zero-order valence-corrected chi connectivity index (χ0v) is 19.4. The van der Waals surface area contributed by atoms with Gasteiger partial charge in [-0.25, -0.2) is 4.99 Å². The average Bonchev–Trinajstić information content (AvgIpc) is 3.50. The Bertz CT molecular complexity index is 482. The number of nitrogens with zero attached hydrogens (tertiary/aromatic N) is 2. The normalized spacial score (nSPS) is 20.9. The smallest absolute Gasteiger partial charge is 0.231 e. The molecule has 2 aliphatic rings. The SMILES string of the molecule is C#C.CC.CC.CCC.CCC1(CC)CC(=O)N(C[C@H]2CC2C(N)=O)C(N)=N1. The Hall–Kier alpha value is -2.03. The maximum Gasteiger partial charge on any atom is 0.231 e. The minimum absolute atomic E-state index is 0.00585. The lowest BCUT2D eigenvalue weighted by Gasteiger charge is -2.36. The molecule has 164 valence electrons. The van der Waals surface area contributed by atoms with Gasteiger partial charge in [0.2, 0.25) is 11.8 Å². The Balaban J connectivity index is -0.000000604. The van der Waals surface area contributed by atoms with E-state index in [2.05, 4.69) is 31.7 Å². The number of hydrogen-bond donors (Lipinski definition) is 2. The van der Waals surface area contributed by atoms with Crippen LogP contribution in [0, 0.1) is 24.7 Å². The zero-order chi connectivity index (χ0) is 22.9. The van der Waals surface area contributed by atoms with Crippen molar-refractivity contribution in [2.24, 2.45) is 28.3 Å². The number of aliphatic imine (C=N–C) groups is 1. The van der Waals surface area contributed by atoms with Gasteiger partial charge in [-0.3, -0.25) is 14.5 Å². The van der Waals surface area contributed by atoms with Crippen LogP contribution >= 0.6 is 0 Å². The van der Waals surface area contributed by atoms with Crippen LogP contribution in [0.15, 0.2) is 4.99 Å². The number of terminal acetylenes is 1. The van der Waals surface area contributed by atoms with Crippen LogP contribution in [0.2, 0.25) is 0 Å². The Kier molecular flexibility index (Phi) is 18.7. The summed E-state index contributed by atoms with van der Waals surface area (Å²) in [5.41, 5.74) is 10.8. The van der Waals surface area contributed by atoms with Crippen LogP contribution in [-0.4, -0.2) is 34.8 Å². The molecule has 6 heteroatoms. The van der Waals surface area contributed by atoms with E-state index in [1.807, 2.05) is 41.5 Å². The van der Waals surface area contributed by atoms with Gasteiger partial charge >= 0.3 is 0 Å². The first-order chi connectivity index (χ1) is 13.3. The molecule has 4 N–H and O–H groups in total. The first-order valence-corrected chi connectivity index (χ1v) is 10.6. The summed E-state index contributed by atoms with van der Waals surface area (Å²) < 4.78 is 0. The number of hydrogen-bond acceptors (Lipinski definition) is 4. The minimum atomic E-state index is -0.343. The molecule has 1 fully saturated rings. The third kappa shape index (κ3) is 9.77. The maximum atomic E-state index is 12.2. The molecule has 1 unspecified atom stereocenters. The van der Waals surface area contributed by atoms with E-state index in [1.165, 1.54) is 11.3 Å². The highest BCUT2D eigenvalue weighted by Crippen LogP contribution is 2.39. The predicted molar refractivity (Wildman–Crippen MR) is 121 cm³/mol. The van der Waals surface area contributed by atoms with E-state index in [1.54, 1.807) is 0 Å². The maximum absolute atomic E-state index is 12.2. The summed E-state index contributed by atoms with van der Waals surface area (Å²) in [6.45, 7) is 16.8. The molecule has 28 heavy (non-hydrogen) atoms. The van der Waals surface area contributed by atoms with Crippen LogP contribution < -0.4 is 11.5 Å². The molecule has 1 saturated carbocycles. The number of carbonyl (C=O) groups excluding carboxylic acids is 2. The molecule has 0 spiro atoms. The number of rotatable bonds is 5. The van der Waals surface area contributed by atoms with Gasteiger partial charge in [0.15, 0.2) is 5.96 Å². The fourth-order valence-electron chi connectivity index (χ4n) is 2.73. The number of primary amides is 1. The van der Waals surface area contributed by atoms with E-state index >= 15 is 0 Å². The first kappa shape index (κ1) is 30.7. The second-order valence-corrected chi connectivity index (χ2v) is 6.29. The van der Waals surface area contributed by atoms with Gasteiger partial charge in [0.25, 0.3) is 0 Å². The van der Waals surface area contributed by atoms with Crippen molar-refractivity contribution in [3.63, 3.8) is 0 Å². The van der Waals surface area contributed by atoms with E-state index in [0.29, 0.717) is 13.0 Å². The summed E-state index contributed by atoms with van der Waals surface area (Å²) in [6.07, 6.45) is 12.0. The summed E-state index contributed by atoms with van der Waals surface area (Å²) >= 11 is 0. The summed E-state index contributed by atoms with van der Waals surface area (Å²) in [7, 11) is 0. The third-order valence-corrected chi connectivity index (χ3v) is 4.43. The molecule has 2 atom stereocenters. The zero-order valence-electron chi connectivity index (χ0n) is 19.4. The first-order valence-electron chi connectivity index (χ1n) is 10.6. The monoisotopic (exact) mass is 396 g/mol. The van der Waals surface area contributed by atoms with Crippen molar-refractivity contribution in [3.05, 3.63) is 0 Å².